The Morgan fingerprint density at radius 3 is 2.90 bits per heavy atom. The second-order valence-corrected chi connectivity index (χ2v) is 5.71. The van der Waals surface area contributed by atoms with Gasteiger partial charge in [0.25, 0.3) is 0 Å². The summed E-state index contributed by atoms with van der Waals surface area (Å²) in [5, 5.41) is 12.8. The third-order valence-corrected chi connectivity index (χ3v) is 4.34. The van der Waals surface area contributed by atoms with Crippen molar-refractivity contribution in [1.82, 2.24) is 15.2 Å². The largest absolute Gasteiger partial charge is 0.303 e. The SMILES string of the molecule is CCNC1(C#N)CCC(N(C)CCc2ccncc2)C1. The second-order valence-electron chi connectivity index (χ2n) is 5.71. The summed E-state index contributed by atoms with van der Waals surface area (Å²) in [6, 6.07) is 7.14. The fourth-order valence-electron chi connectivity index (χ4n) is 3.07. The van der Waals surface area contributed by atoms with Crippen molar-refractivity contribution in [3.05, 3.63) is 30.1 Å². The van der Waals surface area contributed by atoms with E-state index in [2.05, 4.69) is 47.4 Å². The molecule has 1 aromatic heterocycles. The second kappa shape index (κ2) is 6.83. The van der Waals surface area contributed by atoms with Crippen molar-refractivity contribution in [3.63, 3.8) is 0 Å². The Bertz CT molecular complexity index is 453. The topological polar surface area (TPSA) is 52.0 Å². The first-order valence-corrected chi connectivity index (χ1v) is 7.44. The van der Waals surface area contributed by atoms with Gasteiger partial charge in [0.2, 0.25) is 0 Å². The molecule has 0 bridgehead atoms. The van der Waals surface area contributed by atoms with Crippen LogP contribution in [0.1, 0.15) is 31.7 Å². The lowest BCUT2D eigenvalue weighted by atomic mass is 9.99. The summed E-state index contributed by atoms with van der Waals surface area (Å²) in [5.41, 5.74) is 1.02. The molecule has 0 aliphatic heterocycles. The molecule has 0 saturated heterocycles. The van der Waals surface area contributed by atoms with E-state index in [1.165, 1.54) is 5.56 Å². The number of pyridine rings is 1. The maximum atomic E-state index is 9.42. The summed E-state index contributed by atoms with van der Waals surface area (Å²) in [6.07, 6.45) is 7.73. The van der Waals surface area contributed by atoms with Crippen LogP contribution in [0, 0.1) is 11.3 Å². The highest BCUT2D eigenvalue weighted by molar-refractivity contribution is 5.14. The predicted octanol–water partition coefficient (Wildman–Crippen LogP) is 1.98. The van der Waals surface area contributed by atoms with Crippen LogP contribution < -0.4 is 5.32 Å². The molecule has 2 unspecified atom stereocenters. The van der Waals surface area contributed by atoms with E-state index in [1.54, 1.807) is 0 Å². The highest BCUT2D eigenvalue weighted by atomic mass is 15.1. The fourth-order valence-corrected chi connectivity index (χ4v) is 3.07. The smallest absolute Gasteiger partial charge is 0.108 e. The molecule has 0 radical (unpaired) electrons. The van der Waals surface area contributed by atoms with Crippen LogP contribution in [0.4, 0.5) is 0 Å². The lowest BCUT2D eigenvalue weighted by Crippen LogP contribution is -2.43. The van der Waals surface area contributed by atoms with Gasteiger partial charge in [-0.1, -0.05) is 6.92 Å². The van der Waals surface area contributed by atoms with Crippen LogP contribution in [0.5, 0.6) is 0 Å². The molecule has 1 aliphatic carbocycles. The lowest BCUT2D eigenvalue weighted by Gasteiger charge is -2.27. The molecule has 0 aromatic carbocycles. The van der Waals surface area contributed by atoms with Gasteiger partial charge in [-0.2, -0.15) is 5.26 Å². The van der Waals surface area contributed by atoms with Crippen molar-refractivity contribution in [1.29, 1.82) is 5.26 Å². The first-order valence-electron chi connectivity index (χ1n) is 7.44. The van der Waals surface area contributed by atoms with Crippen LogP contribution >= 0.6 is 0 Å². The summed E-state index contributed by atoms with van der Waals surface area (Å²) in [7, 11) is 2.17. The molecule has 4 heteroatoms. The third-order valence-electron chi connectivity index (χ3n) is 4.34. The summed E-state index contributed by atoms with van der Waals surface area (Å²) in [4.78, 5) is 6.44. The van der Waals surface area contributed by atoms with E-state index in [-0.39, 0.29) is 5.54 Å². The Labute approximate surface area is 121 Å². The highest BCUT2D eigenvalue weighted by Gasteiger charge is 2.39. The number of nitrogens with zero attached hydrogens (tertiary/aromatic N) is 3. The number of rotatable bonds is 6. The maximum absolute atomic E-state index is 9.42. The first kappa shape index (κ1) is 15.0. The van der Waals surface area contributed by atoms with Crippen molar-refractivity contribution < 1.29 is 0 Å². The summed E-state index contributed by atoms with van der Waals surface area (Å²) in [5.74, 6) is 0. The first-order chi connectivity index (χ1) is 9.69. The normalized spacial score (nSPS) is 25.8. The van der Waals surface area contributed by atoms with Gasteiger partial charge < -0.3 is 4.90 Å². The van der Waals surface area contributed by atoms with E-state index in [9.17, 15) is 5.26 Å². The Kier molecular flexibility index (Phi) is 5.11. The Balaban J connectivity index is 1.85. The van der Waals surface area contributed by atoms with Crippen LogP contribution in [0.3, 0.4) is 0 Å². The van der Waals surface area contributed by atoms with Crippen LogP contribution in [0.25, 0.3) is 0 Å². The van der Waals surface area contributed by atoms with E-state index in [0.717, 1.165) is 38.8 Å². The molecular weight excluding hydrogens is 248 g/mol. The maximum Gasteiger partial charge on any atom is 0.108 e. The predicted molar refractivity (Wildman–Crippen MR) is 80.2 cm³/mol. The van der Waals surface area contributed by atoms with Crippen molar-refractivity contribution in [2.75, 3.05) is 20.1 Å². The fraction of sp³-hybridized carbons (Fsp3) is 0.625. The monoisotopic (exact) mass is 272 g/mol. The summed E-state index contributed by atoms with van der Waals surface area (Å²) < 4.78 is 0. The lowest BCUT2D eigenvalue weighted by molar-refractivity contribution is 0.239. The van der Waals surface area contributed by atoms with Crippen LogP contribution in [0.15, 0.2) is 24.5 Å². The molecule has 1 fully saturated rings. The minimum atomic E-state index is -0.301. The average molecular weight is 272 g/mol. The molecule has 1 saturated carbocycles. The van der Waals surface area contributed by atoms with Crippen LogP contribution in [0.2, 0.25) is 0 Å². The van der Waals surface area contributed by atoms with Crippen molar-refractivity contribution in [2.45, 2.75) is 44.2 Å². The van der Waals surface area contributed by atoms with Crippen molar-refractivity contribution in [2.24, 2.45) is 0 Å². The van der Waals surface area contributed by atoms with Gasteiger partial charge in [-0.05, 0) is 57.0 Å². The minimum Gasteiger partial charge on any atom is -0.303 e. The van der Waals surface area contributed by atoms with E-state index < -0.39 is 0 Å². The van der Waals surface area contributed by atoms with Gasteiger partial charge in [-0.3, -0.25) is 10.3 Å². The molecular formula is C16H24N4. The number of likely N-dealkylation sites (N-methyl/N-ethyl adjacent to an activating group) is 1. The zero-order valence-electron chi connectivity index (χ0n) is 12.5. The Morgan fingerprint density at radius 1 is 1.50 bits per heavy atom. The number of hydrogen-bond acceptors (Lipinski definition) is 4. The average Bonchev–Trinajstić information content (AvgIpc) is 2.91. The summed E-state index contributed by atoms with van der Waals surface area (Å²) in [6.45, 7) is 3.96. The van der Waals surface area contributed by atoms with Crippen molar-refractivity contribution in [3.8, 4) is 6.07 Å². The van der Waals surface area contributed by atoms with Crippen LogP contribution in [-0.2, 0) is 6.42 Å². The van der Waals surface area contributed by atoms with Gasteiger partial charge in [0.05, 0.1) is 6.07 Å². The van der Waals surface area contributed by atoms with Gasteiger partial charge >= 0.3 is 0 Å². The molecule has 20 heavy (non-hydrogen) atoms. The highest BCUT2D eigenvalue weighted by Crippen LogP contribution is 2.32. The zero-order chi connectivity index (χ0) is 14.4. The zero-order valence-corrected chi connectivity index (χ0v) is 12.5. The number of hydrogen-bond donors (Lipinski definition) is 1. The van der Waals surface area contributed by atoms with Crippen molar-refractivity contribution >= 4 is 0 Å². The molecule has 4 nitrogen and oxygen atoms in total. The van der Waals surface area contributed by atoms with E-state index in [1.807, 2.05) is 12.4 Å². The quantitative estimate of drug-likeness (QED) is 0.860. The number of nitriles is 1. The van der Waals surface area contributed by atoms with Gasteiger partial charge in [-0.25, -0.2) is 0 Å². The third kappa shape index (κ3) is 3.56. The number of aromatic nitrogens is 1. The molecule has 2 atom stereocenters. The van der Waals surface area contributed by atoms with Gasteiger partial charge in [0.15, 0.2) is 0 Å². The standard InChI is InChI=1S/C16H24N4/c1-3-19-16(13-17)8-4-15(12-16)20(2)11-7-14-5-9-18-10-6-14/h5-6,9-10,15,19H,3-4,7-8,11-12H2,1-2H3. The molecule has 1 aliphatic rings. The Morgan fingerprint density at radius 2 is 2.25 bits per heavy atom. The molecule has 108 valence electrons. The Hall–Kier alpha value is -1.44. The van der Waals surface area contributed by atoms with Gasteiger partial charge in [0.1, 0.15) is 5.54 Å². The molecule has 2 rings (SSSR count). The molecule has 0 amide bonds. The molecule has 1 aromatic rings. The van der Waals surface area contributed by atoms with E-state index >= 15 is 0 Å². The molecule has 1 N–H and O–H groups in total. The van der Waals surface area contributed by atoms with E-state index in [0.29, 0.717) is 6.04 Å². The van der Waals surface area contributed by atoms with Gasteiger partial charge in [0, 0.05) is 25.0 Å². The van der Waals surface area contributed by atoms with Gasteiger partial charge in [-0.15, -0.1) is 0 Å². The van der Waals surface area contributed by atoms with E-state index in [4.69, 9.17) is 0 Å². The summed E-state index contributed by atoms with van der Waals surface area (Å²) >= 11 is 0. The number of nitrogens with one attached hydrogen (secondary N) is 1. The minimum absolute atomic E-state index is 0.301. The molecule has 0 spiro atoms. The van der Waals surface area contributed by atoms with Crippen LogP contribution in [-0.4, -0.2) is 41.6 Å². The molecule has 1 heterocycles.